The molecule has 0 spiro atoms. The van der Waals surface area contributed by atoms with Crippen LogP contribution in [0.1, 0.15) is 17.5 Å². The van der Waals surface area contributed by atoms with Crippen LogP contribution in [-0.4, -0.2) is 51.9 Å². The van der Waals surface area contributed by atoms with Crippen LogP contribution >= 0.6 is 0 Å². The van der Waals surface area contributed by atoms with Crippen molar-refractivity contribution >= 4 is 15.7 Å². The molecule has 0 saturated carbocycles. The van der Waals surface area contributed by atoms with E-state index in [1.165, 1.54) is 24.3 Å². The normalized spacial score (nSPS) is 12.4. The average molecular weight is 317 g/mol. The number of benzene rings is 1. The third-order valence-corrected chi connectivity index (χ3v) is 5.60. The van der Waals surface area contributed by atoms with Gasteiger partial charge in [-0.1, -0.05) is 0 Å². The van der Waals surface area contributed by atoms with Gasteiger partial charge in [-0.25, -0.2) is 17.1 Å². The number of rotatable bonds is 6. The smallest absolute Gasteiger partial charge is 0.243 e. The number of sulfonamides is 1. The predicted octanol–water partition coefficient (Wildman–Crippen LogP) is 1.60. The van der Waals surface area contributed by atoms with Gasteiger partial charge in [-0.05, 0) is 58.1 Å². The molecule has 0 saturated heterocycles. The summed E-state index contributed by atoms with van der Waals surface area (Å²) in [5.41, 5.74) is 6.16. The standard InChI is InChI=1S/C14H24FN3O2S/c1-10-9-12(15)13(16)11(2)14(10)21(19,20)18(5)8-6-7-17(3)4/h9H,6-8,16H2,1-5H3. The molecule has 2 N–H and O–H groups in total. The summed E-state index contributed by atoms with van der Waals surface area (Å²) in [5, 5.41) is 0. The van der Waals surface area contributed by atoms with Crippen LogP contribution < -0.4 is 5.73 Å². The summed E-state index contributed by atoms with van der Waals surface area (Å²) < 4.78 is 40.2. The zero-order chi connectivity index (χ0) is 16.4. The highest BCUT2D eigenvalue weighted by Crippen LogP contribution is 2.29. The average Bonchev–Trinajstić information content (AvgIpc) is 2.35. The van der Waals surface area contributed by atoms with Crippen LogP contribution in [0.25, 0.3) is 0 Å². The molecule has 0 aliphatic rings. The highest BCUT2D eigenvalue weighted by Gasteiger charge is 2.26. The van der Waals surface area contributed by atoms with Crippen molar-refractivity contribution in [2.45, 2.75) is 25.2 Å². The van der Waals surface area contributed by atoms with Gasteiger partial charge in [-0.2, -0.15) is 0 Å². The first kappa shape index (κ1) is 17.9. The topological polar surface area (TPSA) is 66.6 Å². The summed E-state index contributed by atoms with van der Waals surface area (Å²) in [6, 6.07) is 1.17. The lowest BCUT2D eigenvalue weighted by Gasteiger charge is -2.21. The SMILES string of the molecule is Cc1cc(F)c(N)c(C)c1S(=O)(=O)N(C)CCCN(C)C. The van der Waals surface area contributed by atoms with Crippen LogP contribution in [0, 0.1) is 19.7 Å². The molecule has 1 aromatic rings. The van der Waals surface area contributed by atoms with Gasteiger partial charge in [0.1, 0.15) is 5.82 Å². The zero-order valence-corrected chi connectivity index (χ0v) is 14.1. The predicted molar refractivity (Wildman–Crippen MR) is 83.3 cm³/mol. The second-order valence-corrected chi connectivity index (χ2v) is 7.51. The minimum Gasteiger partial charge on any atom is -0.396 e. The molecule has 0 radical (unpaired) electrons. The van der Waals surface area contributed by atoms with Crippen molar-refractivity contribution in [2.24, 2.45) is 0 Å². The Hall–Kier alpha value is -1.18. The molecule has 0 amide bonds. The summed E-state index contributed by atoms with van der Waals surface area (Å²) >= 11 is 0. The number of hydrogen-bond acceptors (Lipinski definition) is 4. The second kappa shape index (κ2) is 6.72. The largest absolute Gasteiger partial charge is 0.396 e. The summed E-state index contributed by atoms with van der Waals surface area (Å²) in [4.78, 5) is 2.10. The number of anilines is 1. The number of nitrogens with zero attached hydrogens (tertiary/aromatic N) is 2. The maximum atomic E-state index is 13.6. The van der Waals surface area contributed by atoms with E-state index in [1.807, 2.05) is 19.0 Å². The third kappa shape index (κ3) is 3.93. The lowest BCUT2D eigenvalue weighted by atomic mass is 10.1. The molecule has 0 fully saturated rings. The number of hydrogen-bond donors (Lipinski definition) is 1. The highest BCUT2D eigenvalue weighted by molar-refractivity contribution is 7.89. The molecule has 0 aromatic heterocycles. The Morgan fingerprint density at radius 2 is 1.76 bits per heavy atom. The lowest BCUT2D eigenvalue weighted by Crippen LogP contribution is -2.31. The third-order valence-electron chi connectivity index (χ3n) is 3.45. The number of halogens is 1. The fourth-order valence-electron chi connectivity index (χ4n) is 2.21. The summed E-state index contributed by atoms with van der Waals surface area (Å²) in [6.45, 7) is 4.31. The van der Waals surface area contributed by atoms with E-state index < -0.39 is 15.8 Å². The first-order chi connectivity index (χ1) is 9.59. The number of nitrogen functional groups attached to an aromatic ring is 1. The molecule has 0 atom stereocenters. The molecule has 0 aliphatic heterocycles. The second-order valence-electron chi connectivity index (χ2n) is 5.53. The van der Waals surface area contributed by atoms with E-state index in [1.54, 1.807) is 6.92 Å². The maximum absolute atomic E-state index is 13.6. The van der Waals surface area contributed by atoms with E-state index in [0.29, 0.717) is 12.1 Å². The monoisotopic (exact) mass is 317 g/mol. The van der Waals surface area contributed by atoms with Gasteiger partial charge in [0.05, 0.1) is 10.6 Å². The Kier molecular flexibility index (Phi) is 5.72. The molecule has 21 heavy (non-hydrogen) atoms. The van der Waals surface area contributed by atoms with Crippen molar-refractivity contribution < 1.29 is 12.8 Å². The minimum atomic E-state index is -3.67. The van der Waals surface area contributed by atoms with Crippen molar-refractivity contribution in [3.63, 3.8) is 0 Å². The Balaban J connectivity index is 3.11. The molecular formula is C14H24FN3O2S. The Bertz CT molecular complexity index is 615. The van der Waals surface area contributed by atoms with Gasteiger partial charge >= 0.3 is 0 Å². The minimum absolute atomic E-state index is 0.105. The van der Waals surface area contributed by atoms with Crippen LogP contribution in [-0.2, 0) is 10.0 Å². The molecule has 0 bridgehead atoms. The summed E-state index contributed by atoms with van der Waals surface area (Å²) in [7, 11) is 1.73. The molecule has 7 heteroatoms. The molecule has 1 aromatic carbocycles. The summed E-state index contributed by atoms with van der Waals surface area (Å²) in [6.07, 6.45) is 0.720. The van der Waals surface area contributed by atoms with Crippen LogP contribution in [0.5, 0.6) is 0 Å². The van der Waals surface area contributed by atoms with Crippen molar-refractivity contribution in [2.75, 3.05) is 40.0 Å². The molecular weight excluding hydrogens is 293 g/mol. The Morgan fingerprint density at radius 1 is 1.19 bits per heavy atom. The van der Waals surface area contributed by atoms with Crippen molar-refractivity contribution in [1.82, 2.24) is 9.21 Å². The summed E-state index contributed by atoms with van der Waals surface area (Å²) in [5.74, 6) is -0.584. The fourth-order valence-corrected chi connectivity index (χ4v) is 3.86. The Labute approximate surface area is 126 Å². The first-order valence-corrected chi connectivity index (χ1v) is 8.19. The highest BCUT2D eigenvalue weighted by atomic mass is 32.2. The van der Waals surface area contributed by atoms with Gasteiger partial charge in [0.2, 0.25) is 10.0 Å². The van der Waals surface area contributed by atoms with Crippen molar-refractivity contribution in [3.05, 3.63) is 23.0 Å². The Morgan fingerprint density at radius 3 is 2.29 bits per heavy atom. The first-order valence-electron chi connectivity index (χ1n) is 6.75. The quantitative estimate of drug-likeness (QED) is 0.809. The van der Waals surface area contributed by atoms with Crippen LogP contribution in [0.15, 0.2) is 11.0 Å². The molecule has 5 nitrogen and oxygen atoms in total. The van der Waals surface area contributed by atoms with Crippen molar-refractivity contribution in [1.29, 1.82) is 0 Å². The van der Waals surface area contributed by atoms with E-state index >= 15 is 0 Å². The van der Waals surface area contributed by atoms with E-state index in [4.69, 9.17) is 5.73 Å². The van der Waals surface area contributed by atoms with E-state index in [-0.39, 0.29) is 16.1 Å². The van der Waals surface area contributed by atoms with Crippen molar-refractivity contribution in [3.8, 4) is 0 Å². The number of nitrogens with two attached hydrogens (primary N) is 1. The lowest BCUT2D eigenvalue weighted by molar-refractivity contribution is 0.370. The van der Waals surface area contributed by atoms with Gasteiger partial charge in [-0.3, -0.25) is 0 Å². The van der Waals surface area contributed by atoms with Gasteiger partial charge in [-0.15, -0.1) is 0 Å². The molecule has 0 heterocycles. The maximum Gasteiger partial charge on any atom is 0.243 e. The van der Waals surface area contributed by atoms with E-state index in [9.17, 15) is 12.8 Å². The van der Waals surface area contributed by atoms with Gasteiger partial charge < -0.3 is 10.6 Å². The van der Waals surface area contributed by atoms with Gasteiger partial charge in [0.15, 0.2) is 0 Å². The van der Waals surface area contributed by atoms with Gasteiger partial charge in [0, 0.05) is 13.6 Å². The fraction of sp³-hybridized carbons (Fsp3) is 0.571. The van der Waals surface area contributed by atoms with E-state index in [0.717, 1.165) is 13.0 Å². The van der Waals surface area contributed by atoms with Crippen LogP contribution in [0.4, 0.5) is 10.1 Å². The zero-order valence-electron chi connectivity index (χ0n) is 13.3. The molecule has 1 rings (SSSR count). The number of aryl methyl sites for hydroxylation is 1. The molecule has 120 valence electrons. The van der Waals surface area contributed by atoms with Gasteiger partial charge in [0.25, 0.3) is 0 Å². The van der Waals surface area contributed by atoms with E-state index in [2.05, 4.69) is 0 Å². The van der Waals surface area contributed by atoms with Crippen LogP contribution in [0.3, 0.4) is 0 Å². The molecule has 0 unspecified atom stereocenters. The molecule has 0 aliphatic carbocycles. The van der Waals surface area contributed by atoms with Crippen LogP contribution in [0.2, 0.25) is 0 Å².